The van der Waals surface area contributed by atoms with Crippen LogP contribution in [0.15, 0.2) is 60.7 Å². The van der Waals surface area contributed by atoms with Crippen molar-refractivity contribution in [1.29, 1.82) is 0 Å². The molecule has 0 saturated carbocycles. The molecule has 2 aromatic rings. The van der Waals surface area contributed by atoms with Crippen LogP contribution in [0.3, 0.4) is 0 Å². The molecule has 5 N–H and O–H groups in total. The smallest absolute Gasteiger partial charge is 0.243 e. The van der Waals surface area contributed by atoms with Crippen molar-refractivity contribution in [3.63, 3.8) is 0 Å². The average Bonchev–Trinajstić information content (AvgIpc) is 3.16. The van der Waals surface area contributed by atoms with Crippen LogP contribution in [0, 0.1) is 0 Å². The molecule has 0 aliphatic heterocycles. The minimum Gasteiger partial charge on any atom is -0.380 e. The molecule has 2 aromatic carbocycles. The molecule has 15 nitrogen and oxygen atoms in total. The van der Waals surface area contributed by atoms with Gasteiger partial charge in [-0.25, -0.2) is 0 Å². The van der Waals surface area contributed by atoms with Gasteiger partial charge in [-0.1, -0.05) is 67.6 Å². The monoisotopic (exact) mass is 783 g/mol. The van der Waals surface area contributed by atoms with Crippen LogP contribution in [0.5, 0.6) is 0 Å². The number of hydrogen-bond donors (Lipinski definition) is 5. The van der Waals surface area contributed by atoms with Gasteiger partial charge in [0.25, 0.3) is 0 Å². The zero-order valence-corrected chi connectivity index (χ0v) is 33.6. The molecule has 15 heteroatoms. The Morgan fingerprint density at radius 1 is 0.571 bits per heavy atom. The first-order valence-corrected chi connectivity index (χ1v) is 19.4. The highest BCUT2D eigenvalue weighted by Gasteiger charge is 2.21. The maximum absolute atomic E-state index is 12.7. The van der Waals surface area contributed by atoms with E-state index in [4.69, 9.17) is 14.2 Å². The third kappa shape index (κ3) is 22.6. The van der Waals surface area contributed by atoms with Crippen molar-refractivity contribution < 1.29 is 47.5 Å². The molecule has 0 bridgehead atoms. The van der Waals surface area contributed by atoms with Gasteiger partial charge in [0.2, 0.25) is 29.5 Å². The molecule has 2 unspecified atom stereocenters. The predicted molar refractivity (Wildman–Crippen MR) is 212 cm³/mol. The van der Waals surface area contributed by atoms with Crippen molar-refractivity contribution in [3.8, 4) is 0 Å². The standard InChI is InChI=1S/C41H62N6O9/c1-5-38(50)46-36(31-34-14-10-7-11-15-34)41(53)44-21-27-56-29-28-55-26-18-40(52)43-20-23-47(3,4)22-19-42-39(51)17-25-54-24-16-37(49)35(45-32(2)48)30-33-12-8-6-9-13-33/h6-15,35-36H,5,16-31H2,1-4H3,(H4-,42,43,44,45,46,48,50,51,52,53)/p+1. The van der Waals surface area contributed by atoms with E-state index in [2.05, 4.69) is 26.6 Å². The summed E-state index contributed by atoms with van der Waals surface area (Å²) in [5.41, 5.74) is 1.90. The molecule has 0 spiro atoms. The zero-order valence-electron chi connectivity index (χ0n) is 33.6. The summed E-state index contributed by atoms with van der Waals surface area (Å²) in [6.07, 6.45) is 1.60. The summed E-state index contributed by atoms with van der Waals surface area (Å²) in [6.45, 7) is 7.18. The lowest BCUT2D eigenvalue weighted by atomic mass is 10.0. The van der Waals surface area contributed by atoms with Gasteiger partial charge in [-0.3, -0.25) is 28.8 Å². The fourth-order valence-corrected chi connectivity index (χ4v) is 5.45. The zero-order chi connectivity index (χ0) is 41.0. The van der Waals surface area contributed by atoms with Gasteiger partial charge in [-0.15, -0.1) is 0 Å². The quantitative estimate of drug-likeness (QED) is 0.0571. The summed E-state index contributed by atoms with van der Waals surface area (Å²) < 4.78 is 17.2. The fraction of sp³-hybridized carbons (Fsp3) is 0.561. The Balaban J connectivity index is 1.47. The number of benzene rings is 2. The molecule has 0 radical (unpaired) electrons. The predicted octanol–water partition coefficient (Wildman–Crippen LogP) is 1.09. The van der Waals surface area contributed by atoms with E-state index >= 15 is 0 Å². The molecule has 0 heterocycles. The minimum atomic E-state index is -0.670. The highest BCUT2D eigenvalue weighted by atomic mass is 16.5. The molecule has 0 fully saturated rings. The van der Waals surface area contributed by atoms with Crippen molar-refractivity contribution in [3.05, 3.63) is 71.8 Å². The molecular weight excluding hydrogens is 720 g/mol. The second-order valence-electron chi connectivity index (χ2n) is 14.0. The molecular formula is C41H63N6O9+. The van der Waals surface area contributed by atoms with Crippen molar-refractivity contribution in [2.75, 3.05) is 86.5 Å². The van der Waals surface area contributed by atoms with Crippen molar-refractivity contribution in [1.82, 2.24) is 26.6 Å². The molecule has 2 rings (SSSR count). The summed E-state index contributed by atoms with van der Waals surface area (Å²) in [4.78, 5) is 73.5. The first kappa shape index (κ1) is 47.5. The van der Waals surface area contributed by atoms with Gasteiger partial charge >= 0.3 is 0 Å². The highest BCUT2D eigenvalue weighted by molar-refractivity contribution is 5.89. The number of amides is 5. The van der Waals surface area contributed by atoms with Crippen molar-refractivity contribution in [2.45, 2.75) is 64.5 Å². The Morgan fingerprint density at radius 3 is 1.57 bits per heavy atom. The summed E-state index contributed by atoms with van der Waals surface area (Å²) >= 11 is 0. The normalized spacial score (nSPS) is 12.2. The highest BCUT2D eigenvalue weighted by Crippen LogP contribution is 2.07. The number of nitrogens with one attached hydrogen (secondary N) is 5. The van der Waals surface area contributed by atoms with Crippen LogP contribution in [0.25, 0.3) is 0 Å². The lowest BCUT2D eigenvalue weighted by molar-refractivity contribution is -0.887. The van der Waals surface area contributed by atoms with E-state index in [-0.39, 0.29) is 87.6 Å². The van der Waals surface area contributed by atoms with Gasteiger partial charge in [-0.05, 0) is 17.5 Å². The summed E-state index contributed by atoms with van der Waals surface area (Å²) in [5.74, 6) is -1.13. The Labute approximate surface area is 331 Å². The lowest BCUT2D eigenvalue weighted by Gasteiger charge is -2.30. The number of rotatable bonds is 30. The third-order valence-corrected chi connectivity index (χ3v) is 8.74. The number of quaternary nitrogens is 1. The SMILES string of the molecule is CCC(=O)NC(Cc1ccccc1)C(=O)NCCOCCOCCC(=O)NCC[N+](C)(C)CCNC(=O)CCOCCC(=O)C(Cc1ccccc1)NC(C)=O. The molecule has 0 aromatic heterocycles. The van der Waals surface area contributed by atoms with Gasteiger partial charge in [0, 0.05) is 45.6 Å². The van der Waals surface area contributed by atoms with Crippen LogP contribution in [0.2, 0.25) is 0 Å². The van der Waals surface area contributed by atoms with Crippen LogP contribution < -0.4 is 26.6 Å². The fourth-order valence-electron chi connectivity index (χ4n) is 5.45. The number of Topliss-reactive ketones (excluding diaryl/α,β-unsaturated/α-hetero) is 1. The van der Waals surface area contributed by atoms with Crippen LogP contribution >= 0.6 is 0 Å². The minimum absolute atomic E-state index is 0.120. The molecule has 0 saturated heterocycles. The van der Waals surface area contributed by atoms with E-state index < -0.39 is 12.1 Å². The van der Waals surface area contributed by atoms with Crippen molar-refractivity contribution >= 4 is 35.3 Å². The van der Waals surface area contributed by atoms with Gasteiger partial charge < -0.3 is 45.3 Å². The van der Waals surface area contributed by atoms with E-state index in [1.807, 2.05) is 74.8 Å². The second-order valence-corrected chi connectivity index (χ2v) is 14.0. The third-order valence-electron chi connectivity index (χ3n) is 8.74. The number of nitrogens with zero attached hydrogens (tertiary/aromatic N) is 1. The topological polar surface area (TPSA) is 190 Å². The van der Waals surface area contributed by atoms with E-state index in [1.54, 1.807) is 6.92 Å². The van der Waals surface area contributed by atoms with Crippen LogP contribution in [0.1, 0.15) is 50.7 Å². The Bertz CT molecular complexity index is 1480. The first-order chi connectivity index (χ1) is 26.9. The number of ether oxygens (including phenoxy) is 3. The second kappa shape index (κ2) is 27.8. The Hall–Kier alpha value is -4.70. The Kier molecular flexibility index (Phi) is 23.6. The van der Waals surface area contributed by atoms with E-state index in [0.717, 1.165) is 11.1 Å². The number of carbonyl (C=O) groups is 6. The molecule has 56 heavy (non-hydrogen) atoms. The number of carbonyl (C=O) groups excluding carboxylic acids is 6. The first-order valence-electron chi connectivity index (χ1n) is 19.4. The van der Waals surface area contributed by atoms with E-state index in [9.17, 15) is 28.8 Å². The van der Waals surface area contributed by atoms with Gasteiger partial charge in [-0.2, -0.15) is 0 Å². The molecule has 5 amide bonds. The van der Waals surface area contributed by atoms with Gasteiger partial charge in [0.1, 0.15) is 6.04 Å². The molecule has 310 valence electrons. The molecule has 0 aliphatic rings. The average molecular weight is 784 g/mol. The number of likely N-dealkylation sites (N-methyl/N-ethyl adjacent to an activating group) is 1. The number of hydrogen-bond acceptors (Lipinski definition) is 9. The van der Waals surface area contributed by atoms with Crippen LogP contribution in [-0.2, 0) is 55.8 Å². The summed E-state index contributed by atoms with van der Waals surface area (Å²) in [7, 11) is 4.04. The summed E-state index contributed by atoms with van der Waals surface area (Å²) in [6, 6.07) is 17.7. The molecule has 2 atom stereocenters. The lowest BCUT2D eigenvalue weighted by Crippen LogP contribution is -2.49. The number of ketones is 1. The maximum atomic E-state index is 12.7. The van der Waals surface area contributed by atoms with Gasteiger partial charge in [0.05, 0.1) is 86.0 Å². The molecule has 0 aliphatic carbocycles. The largest absolute Gasteiger partial charge is 0.380 e. The van der Waals surface area contributed by atoms with E-state index in [0.29, 0.717) is 63.1 Å². The maximum Gasteiger partial charge on any atom is 0.243 e. The summed E-state index contributed by atoms with van der Waals surface area (Å²) in [5, 5.41) is 14.1. The van der Waals surface area contributed by atoms with Crippen LogP contribution in [-0.4, -0.2) is 138 Å². The van der Waals surface area contributed by atoms with Crippen molar-refractivity contribution in [2.24, 2.45) is 0 Å². The Morgan fingerprint density at radius 2 is 1.05 bits per heavy atom. The van der Waals surface area contributed by atoms with Gasteiger partial charge in [0.15, 0.2) is 5.78 Å². The van der Waals surface area contributed by atoms with Crippen LogP contribution in [0.4, 0.5) is 0 Å². The van der Waals surface area contributed by atoms with E-state index in [1.165, 1.54) is 6.92 Å².